The lowest BCUT2D eigenvalue weighted by molar-refractivity contribution is -0.124. The number of methoxy groups -OCH3 is 2. The third kappa shape index (κ3) is 2.31. The van der Waals surface area contributed by atoms with Crippen LogP contribution >= 0.6 is 0 Å². The minimum Gasteiger partial charge on any atom is -0.485 e. The number of benzene rings is 1. The first-order chi connectivity index (χ1) is 8.90. The summed E-state index contributed by atoms with van der Waals surface area (Å²) < 4.78 is 15.8. The van der Waals surface area contributed by atoms with Gasteiger partial charge >= 0.3 is 5.97 Å². The molecule has 19 heavy (non-hydrogen) atoms. The molecule has 5 nitrogen and oxygen atoms in total. The Hall–Kier alpha value is -1.59. The minimum atomic E-state index is -0.821. The number of hydrogen-bond acceptors (Lipinski definition) is 5. The fourth-order valence-electron chi connectivity index (χ4n) is 2.24. The topological polar surface area (TPSA) is 65.0 Å². The van der Waals surface area contributed by atoms with Crippen molar-refractivity contribution in [2.24, 2.45) is 0 Å². The molecular formula is C14H18O5. The van der Waals surface area contributed by atoms with Gasteiger partial charge in [-0.1, -0.05) is 0 Å². The van der Waals surface area contributed by atoms with E-state index in [4.69, 9.17) is 9.47 Å². The van der Waals surface area contributed by atoms with Gasteiger partial charge in [-0.25, -0.2) is 4.79 Å². The predicted molar refractivity (Wildman–Crippen MR) is 68.2 cm³/mol. The van der Waals surface area contributed by atoms with Crippen molar-refractivity contribution in [3.8, 4) is 5.75 Å². The number of fused-ring (bicyclic) bond motifs is 1. The Bertz CT molecular complexity index is 495. The van der Waals surface area contributed by atoms with Crippen molar-refractivity contribution in [3.63, 3.8) is 0 Å². The average Bonchev–Trinajstić information content (AvgIpc) is 2.38. The molecule has 0 amide bonds. The summed E-state index contributed by atoms with van der Waals surface area (Å²) in [5.74, 6) is 0.173. The van der Waals surface area contributed by atoms with Gasteiger partial charge in [0.25, 0.3) is 0 Å². The lowest BCUT2D eigenvalue weighted by Crippen LogP contribution is -2.49. The fraction of sp³-hybridized carbons (Fsp3) is 0.500. The fourth-order valence-corrected chi connectivity index (χ4v) is 2.24. The molecule has 2 atom stereocenters. The van der Waals surface area contributed by atoms with E-state index in [1.807, 2.05) is 0 Å². The summed E-state index contributed by atoms with van der Waals surface area (Å²) in [6.07, 6.45) is -1.36. The normalized spacial score (nSPS) is 24.3. The molecule has 0 saturated carbocycles. The van der Waals surface area contributed by atoms with Crippen LogP contribution < -0.4 is 4.74 Å². The zero-order chi connectivity index (χ0) is 14.2. The average molecular weight is 266 g/mol. The Morgan fingerprint density at radius 2 is 2.05 bits per heavy atom. The summed E-state index contributed by atoms with van der Waals surface area (Å²) in [6, 6.07) is 4.96. The second kappa shape index (κ2) is 4.83. The molecule has 0 spiro atoms. The van der Waals surface area contributed by atoms with Crippen LogP contribution in [0.3, 0.4) is 0 Å². The monoisotopic (exact) mass is 266 g/mol. The lowest BCUT2D eigenvalue weighted by atomic mass is 9.87. The Morgan fingerprint density at radius 1 is 1.37 bits per heavy atom. The van der Waals surface area contributed by atoms with Gasteiger partial charge in [0, 0.05) is 12.7 Å². The van der Waals surface area contributed by atoms with Gasteiger partial charge in [-0.2, -0.15) is 0 Å². The zero-order valence-electron chi connectivity index (χ0n) is 11.5. The summed E-state index contributed by atoms with van der Waals surface area (Å²) in [5, 5.41) is 10.3. The van der Waals surface area contributed by atoms with E-state index in [1.165, 1.54) is 14.2 Å². The van der Waals surface area contributed by atoms with E-state index in [0.29, 0.717) is 16.9 Å². The van der Waals surface area contributed by atoms with Crippen LogP contribution in [0.15, 0.2) is 18.2 Å². The molecular weight excluding hydrogens is 248 g/mol. The number of rotatable bonds is 2. The molecule has 0 radical (unpaired) electrons. The molecule has 1 aromatic carbocycles. The zero-order valence-corrected chi connectivity index (χ0v) is 11.5. The Kier molecular flexibility index (Phi) is 3.52. The summed E-state index contributed by atoms with van der Waals surface area (Å²) in [4.78, 5) is 11.5. The largest absolute Gasteiger partial charge is 0.485 e. The summed E-state index contributed by atoms with van der Waals surface area (Å²) >= 11 is 0. The molecule has 2 rings (SSSR count). The van der Waals surface area contributed by atoms with Crippen molar-refractivity contribution >= 4 is 5.97 Å². The highest BCUT2D eigenvalue weighted by atomic mass is 16.5. The molecule has 1 aliphatic heterocycles. The highest BCUT2D eigenvalue weighted by Crippen LogP contribution is 2.41. The van der Waals surface area contributed by atoms with Crippen LogP contribution in [0.2, 0.25) is 0 Å². The second-order valence-corrected chi connectivity index (χ2v) is 5.05. The van der Waals surface area contributed by atoms with Crippen LogP contribution in [0, 0.1) is 0 Å². The lowest BCUT2D eigenvalue weighted by Gasteiger charge is -2.41. The van der Waals surface area contributed by atoms with Crippen molar-refractivity contribution in [1.29, 1.82) is 0 Å². The molecule has 0 bridgehead atoms. The SMILES string of the molecule is COC(=O)c1ccc2c(c1)[C@H](OC)[C@@H](O)C(C)(C)O2. The highest BCUT2D eigenvalue weighted by Gasteiger charge is 2.43. The van der Waals surface area contributed by atoms with Crippen molar-refractivity contribution in [3.05, 3.63) is 29.3 Å². The van der Waals surface area contributed by atoms with E-state index >= 15 is 0 Å². The number of aliphatic hydroxyl groups is 1. The number of esters is 1. The molecule has 0 fully saturated rings. The van der Waals surface area contributed by atoms with E-state index in [2.05, 4.69) is 4.74 Å². The first-order valence-electron chi connectivity index (χ1n) is 6.03. The van der Waals surface area contributed by atoms with Crippen LogP contribution in [0.25, 0.3) is 0 Å². The van der Waals surface area contributed by atoms with E-state index in [0.717, 1.165) is 0 Å². The number of ether oxygens (including phenoxy) is 3. The van der Waals surface area contributed by atoms with Crippen molar-refractivity contribution < 1.29 is 24.1 Å². The molecule has 0 unspecified atom stereocenters. The van der Waals surface area contributed by atoms with Gasteiger partial charge in [0.05, 0.1) is 12.7 Å². The number of carbonyl (C=O) groups excluding carboxylic acids is 1. The molecule has 5 heteroatoms. The van der Waals surface area contributed by atoms with Crippen LogP contribution in [-0.4, -0.2) is 37.0 Å². The molecule has 0 aromatic heterocycles. The van der Waals surface area contributed by atoms with Crippen LogP contribution in [0.1, 0.15) is 35.9 Å². The summed E-state index contributed by atoms with van der Waals surface area (Å²) in [7, 11) is 2.84. The van der Waals surface area contributed by atoms with Gasteiger partial charge in [-0.15, -0.1) is 0 Å². The van der Waals surface area contributed by atoms with Crippen molar-refractivity contribution in [2.75, 3.05) is 14.2 Å². The van der Waals surface area contributed by atoms with Gasteiger partial charge in [0.2, 0.25) is 0 Å². The van der Waals surface area contributed by atoms with Gasteiger partial charge in [0.1, 0.15) is 23.6 Å². The molecule has 1 aliphatic rings. The molecule has 0 saturated heterocycles. The number of aliphatic hydroxyl groups excluding tert-OH is 1. The van der Waals surface area contributed by atoms with Gasteiger partial charge in [-0.05, 0) is 32.0 Å². The van der Waals surface area contributed by atoms with Crippen LogP contribution in [0.4, 0.5) is 0 Å². The van der Waals surface area contributed by atoms with E-state index < -0.39 is 23.8 Å². The Balaban J connectivity index is 2.49. The van der Waals surface area contributed by atoms with E-state index in [9.17, 15) is 9.90 Å². The second-order valence-electron chi connectivity index (χ2n) is 5.05. The third-order valence-corrected chi connectivity index (χ3v) is 3.36. The predicted octanol–water partition coefficient (Wildman–Crippen LogP) is 1.69. The van der Waals surface area contributed by atoms with Crippen molar-refractivity contribution in [2.45, 2.75) is 31.7 Å². The van der Waals surface area contributed by atoms with Crippen LogP contribution in [-0.2, 0) is 9.47 Å². The maximum atomic E-state index is 11.5. The minimum absolute atomic E-state index is 0.402. The maximum absolute atomic E-state index is 11.5. The van der Waals surface area contributed by atoms with Gasteiger partial charge < -0.3 is 19.3 Å². The van der Waals surface area contributed by atoms with E-state index in [1.54, 1.807) is 32.0 Å². The highest BCUT2D eigenvalue weighted by molar-refractivity contribution is 5.89. The molecule has 1 aromatic rings. The van der Waals surface area contributed by atoms with Crippen LogP contribution in [0.5, 0.6) is 5.75 Å². The number of carbonyl (C=O) groups is 1. The Morgan fingerprint density at radius 3 is 2.63 bits per heavy atom. The first-order valence-corrected chi connectivity index (χ1v) is 6.03. The summed E-state index contributed by atoms with van der Waals surface area (Å²) in [6.45, 7) is 3.59. The van der Waals surface area contributed by atoms with Crippen molar-refractivity contribution in [1.82, 2.24) is 0 Å². The molecule has 1 N–H and O–H groups in total. The maximum Gasteiger partial charge on any atom is 0.337 e. The number of hydrogen-bond donors (Lipinski definition) is 1. The molecule has 0 aliphatic carbocycles. The quantitative estimate of drug-likeness (QED) is 0.825. The molecule has 1 heterocycles. The first kappa shape index (κ1) is 13.8. The van der Waals surface area contributed by atoms with Gasteiger partial charge in [0.15, 0.2) is 0 Å². The standard InChI is InChI=1S/C14H18O5/c1-14(2)12(15)11(17-3)9-7-8(13(16)18-4)5-6-10(9)19-14/h5-7,11-12,15H,1-4H3/t11-,12+/m0/s1. The third-order valence-electron chi connectivity index (χ3n) is 3.36. The van der Waals surface area contributed by atoms with E-state index in [-0.39, 0.29) is 0 Å². The Labute approximate surface area is 112 Å². The smallest absolute Gasteiger partial charge is 0.337 e. The molecule has 104 valence electrons. The summed E-state index contributed by atoms with van der Waals surface area (Å²) in [5.41, 5.74) is 0.302. The van der Waals surface area contributed by atoms with Gasteiger partial charge in [-0.3, -0.25) is 0 Å².